The summed E-state index contributed by atoms with van der Waals surface area (Å²) < 4.78 is 5.88. The van der Waals surface area contributed by atoms with Gasteiger partial charge in [0.1, 0.15) is 6.10 Å². The Morgan fingerprint density at radius 3 is 2.48 bits per heavy atom. The van der Waals surface area contributed by atoms with Crippen LogP contribution < -0.4 is 0 Å². The Morgan fingerprint density at radius 1 is 1.13 bits per heavy atom. The number of aryl methyl sites for hydroxylation is 2. The van der Waals surface area contributed by atoms with Crippen LogP contribution in [0.2, 0.25) is 0 Å². The summed E-state index contributed by atoms with van der Waals surface area (Å²) in [5, 5.41) is 0. The maximum Gasteiger partial charge on any atom is 0.254 e. The molecular formula is C20H23NO2. The van der Waals surface area contributed by atoms with Gasteiger partial charge in [0.05, 0.1) is 13.2 Å². The molecule has 0 saturated carbocycles. The number of carbonyl (C=O) groups excluding carboxylic acids is 1. The SMILES string of the molecule is CCc1ccc(C2CN(C(=O)c3ccc(C)cc3)CCO2)cc1. The fourth-order valence-electron chi connectivity index (χ4n) is 2.88. The van der Waals surface area contributed by atoms with Crippen molar-refractivity contribution < 1.29 is 9.53 Å². The van der Waals surface area contributed by atoms with Crippen LogP contribution in [0.3, 0.4) is 0 Å². The highest BCUT2D eigenvalue weighted by Crippen LogP contribution is 2.24. The largest absolute Gasteiger partial charge is 0.370 e. The lowest BCUT2D eigenvalue weighted by atomic mass is 10.0. The van der Waals surface area contributed by atoms with Gasteiger partial charge in [-0.1, -0.05) is 48.9 Å². The van der Waals surface area contributed by atoms with Crippen LogP contribution in [-0.4, -0.2) is 30.5 Å². The second kappa shape index (κ2) is 6.97. The summed E-state index contributed by atoms with van der Waals surface area (Å²) in [6.45, 7) is 6.01. The van der Waals surface area contributed by atoms with Gasteiger partial charge in [-0.3, -0.25) is 4.79 Å². The first-order valence-electron chi connectivity index (χ1n) is 8.23. The molecule has 1 aliphatic rings. The molecule has 1 aliphatic heterocycles. The Kier molecular flexibility index (Phi) is 4.77. The van der Waals surface area contributed by atoms with E-state index in [1.165, 1.54) is 5.56 Å². The molecule has 0 aliphatic carbocycles. The molecule has 2 aromatic rings. The van der Waals surface area contributed by atoms with Gasteiger partial charge < -0.3 is 9.64 Å². The highest BCUT2D eigenvalue weighted by molar-refractivity contribution is 5.94. The van der Waals surface area contributed by atoms with Gasteiger partial charge in [-0.05, 0) is 36.6 Å². The fraction of sp³-hybridized carbons (Fsp3) is 0.350. The van der Waals surface area contributed by atoms with E-state index < -0.39 is 0 Å². The third kappa shape index (κ3) is 3.62. The van der Waals surface area contributed by atoms with E-state index in [1.54, 1.807) is 0 Å². The van der Waals surface area contributed by atoms with Crippen LogP contribution in [0, 0.1) is 6.92 Å². The average Bonchev–Trinajstić information content (AvgIpc) is 2.62. The smallest absolute Gasteiger partial charge is 0.254 e. The predicted molar refractivity (Wildman–Crippen MR) is 91.6 cm³/mol. The van der Waals surface area contributed by atoms with Crippen LogP contribution in [0.5, 0.6) is 0 Å². The highest BCUT2D eigenvalue weighted by Gasteiger charge is 2.26. The van der Waals surface area contributed by atoms with Crippen molar-refractivity contribution in [3.8, 4) is 0 Å². The number of amides is 1. The van der Waals surface area contributed by atoms with Crippen molar-refractivity contribution in [2.75, 3.05) is 19.7 Å². The molecule has 120 valence electrons. The van der Waals surface area contributed by atoms with Crippen LogP contribution in [0.1, 0.15) is 40.1 Å². The first-order chi connectivity index (χ1) is 11.2. The fourth-order valence-corrected chi connectivity index (χ4v) is 2.88. The summed E-state index contributed by atoms with van der Waals surface area (Å²) in [6, 6.07) is 16.3. The number of benzene rings is 2. The zero-order chi connectivity index (χ0) is 16.2. The van der Waals surface area contributed by atoms with Gasteiger partial charge in [-0.15, -0.1) is 0 Å². The maximum atomic E-state index is 12.7. The summed E-state index contributed by atoms with van der Waals surface area (Å²) >= 11 is 0. The summed E-state index contributed by atoms with van der Waals surface area (Å²) in [6.07, 6.45) is 0.994. The Hall–Kier alpha value is -2.13. The second-order valence-electron chi connectivity index (χ2n) is 6.07. The lowest BCUT2D eigenvalue weighted by Gasteiger charge is -2.33. The van der Waals surface area contributed by atoms with E-state index in [9.17, 15) is 4.79 Å². The minimum absolute atomic E-state index is 0.0379. The standard InChI is InChI=1S/C20H23NO2/c1-3-16-6-10-17(11-7-16)19-14-21(12-13-23-19)20(22)18-8-4-15(2)5-9-18/h4-11,19H,3,12-14H2,1-2H3. The maximum absolute atomic E-state index is 12.7. The minimum Gasteiger partial charge on any atom is -0.370 e. The number of hydrogen-bond acceptors (Lipinski definition) is 2. The van der Waals surface area contributed by atoms with Crippen molar-refractivity contribution in [2.45, 2.75) is 26.4 Å². The molecule has 23 heavy (non-hydrogen) atoms. The van der Waals surface area contributed by atoms with Crippen molar-refractivity contribution in [1.29, 1.82) is 0 Å². The summed E-state index contributed by atoms with van der Waals surface area (Å²) in [5.74, 6) is 0.0866. The van der Waals surface area contributed by atoms with E-state index in [0.29, 0.717) is 19.7 Å². The molecule has 1 atom stereocenters. The van der Waals surface area contributed by atoms with E-state index in [0.717, 1.165) is 23.1 Å². The molecule has 0 N–H and O–H groups in total. The van der Waals surface area contributed by atoms with E-state index in [-0.39, 0.29) is 12.0 Å². The minimum atomic E-state index is -0.0379. The molecule has 0 spiro atoms. The Bertz CT molecular complexity index is 661. The van der Waals surface area contributed by atoms with E-state index in [1.807, 2.05) is 36.1 Å². The van der Waals surface area contributed by atoms with Crippen molar-refractivity contribution in [2.24, 2.45) is 0 Å². The molecule has 1 unspecified atom stereocenters. The number of hydrogen-bond donors (Lipinski definition) is 0. The second-order valence-corrected chi connectivity index (χ2v) is 6.07. The molecule has 1 saturated heterocycles. The van der Waals surface area contributed by atoms with Gasteiger partial charge in [0, 0.05) is 12.1 Å². The van der Waals surface area contributed by atoms with Crippen molar-refractivity contribution >= 4 is 5.91 Å². The van der Waals surface area contributed by atoms with E-state index in [2.05, 4.69) is 31.2 Å². The number of carbonyl (C=O) groups is 1. The molecule has 1 amide bonds. The lowest BCUT2D eigenvalue weighted by Crippen LogP contribution is -2.42. The molecular weight excluding hydrogens is 286 g/mol. The molecule has 0 bridgehead atoms. The summed E-state index contributed by atoms with van der Waals surface area (Å²) in [5.41, 5.74) is 4.37. The lowest BCUT2D eigenvalue weighted by molar-refractivity contribution is -0.0228. The van der Waals surface area contributed by atoms with E-state index in [4.69, 9.17) is 4.74 Å². The zero-order valence-electron chi connectivity index (χ0n) is 13.8. The van der Waals surface area contributed by atoms with Gasteiger partial charge in [-0.2, -0.15) is 0 Å². The van der Waals surface area contributed by atoms with Crippen LogP contribution >= 0.6 is 0 Å². The number of nitrogens with zero attached hydrogens (tertiary/aromatic N) is 1. The molecule has 0 aromatic heterocycles. The number of morpholine rings is 1. The molecule has 2 aromatic carbocycles. The third-order valence-electron chi connectivity index (χ3n) is 4.41. The van der Waals surface area contributed by atoms with Gasteiger partial charge in [0.2, 0.25) is 0 Å². The third-order valence-corrected chi connectivity index (χ3v) is 4.41. The molecule has 3 rings (SSSR count). The van der Waals surface area contributed by atoms with E-state index >= 15 is 0 Å². The summed E-state index contributed by atoms with van der Waals surface area (Å²) in [7, 11) is 0. The molecule has 3 heteroatoms. The van der Waals surface area contributed by atoms with Gasteiger partial charge in [0.25, 0.3) is 5.91 Å². The van der Waals surface area contributed by atoms with Crippen LogP contribution in [0.15, 0.2) is 48.5 Å². The Labute approximate surface area is 137 Å². The topological polar surface area (TPSA) is 29.5 Å². The Morgan fingerprint density at radius 2 is 1.83 bits per heavy atom. The molecule has 1 fully saturated rings. The normalized spacial score (nSPS) is 18.0. The predicted octanol–water partition coefficient (Wildman–Crippen LogP) is 3.77. The zero-order valence-corrected chi connectivity index (χ0v) is 13.8. The van der Waals surface area contributed by atoms with Crippen molar-refractivity contribution in [1.82, 2.24) is 4.90 Å². The average molecular weight is 309 g/mol. The monoisotopic (exact) mass is 309 g/mol. The van der Waals surface area contributed by atoms with Gasteiger partial charge in [0.15, 0.2) is 0 Å². The molecule has 1 heterocycles. The molecule has 0 radical (unpaired) electrons. The quantitative estimate of drug-likeness (QED) is 0.864. The first kappa shape index (κ1) is 15.8. The summed E-state index contributed by atoms with van der Waals surface area (Å²) in [4.78, 5) is 14.6. The van der Waals surface area contributed by atoms with Crippen LogP contribution in [0.25, 0.3) is 0 Å². The van der Waals surface area contributed by atoms with Gasteiger partial charge >= 0.3 is 0 Å². The number of ether oxygens (including phenoxy) is 1. The van der Waals surface area contributed by atoms with Crippen LogP contribution in [-0.2, 0) is 11.2 Å². The molecule has 3 nitrogen and oxygen atoms in total. The highest BCUT2D eigenvalue weighted by atomic mass is 16.5. The van der Waals surface area contributed by atoms with Crippen molar-refractivity contribution in [3.05, 3.63) is 70.8 Å². The van der Waals surface area contributed by atoms with Crippen molar-refractivity contribution in [3.63, 3.8) is 0 Å². The first-order valence-corrected chi connectivity index (χ1v) is 8.23. The van der Waals surface area contributed by atoms with Crippen LogP contribution in [0.4, 0.5) is 0 Å². The number of rotatable bonds is 3. The Balaban J connectivity index is 1.72. The van der Waals surface area contributed by atoms with Gasteiger partial charge in [-0.25, -0.2) is 0 Å².